The predicted octanol–water partition coefficient (Wildman–Crippen LogP) is 0.687. The molecule has 2 N–H and O–H groups in total. The van der Waals surface area contributed by atoms with E-state index in [9.17, 15) is 4.39 Å². The van der Waals surface area contributed by atoms with E-state index in [2.05, 4.69) is 15.6 Å². The van der Waals surface area contributed by atoms with Crippen LogP contribution in [0.5, 0.6) is 0 Å². The highest BCUT2D eigenvalue weighted by Gasteiger charge is 2.51. The van der Waals surface area contributed by atoms with E-state index in [0.717, 1.165) is 25.2 Å². The molecule has 0 aromatic carbocycles. The summed E-state index contributed by atoms with van der Waals surface area (Å²) in [5, 5.41) is 6.60. The van der Waals surface area contributed by atoms with Crippen LogP contribution in [0.25, 0.3) is 0 Å². The topological polar surface area (TPSA) is 37.0 Å². The van der Waals surface area contributed by atoms with Crippen LogP contribution in [0.3, 0.4) is 0 Å². The maximum Gasteiger partial charge on any atom is 0.164 e. The number of nitrogens with one attached hydrogen (secondary N) is 2. The number of aromatic nitrogens is 1. The molecule has 0 radical (unpaired) electrons. The zero-order valence-corrected chi connectivity index (χ0v) is 8.81. The van der Waals surface area contributed by atoms with Crippen LogP contribution in [-0.2, 0) is 5.41 Å². The van der Waals surface area contributed by atoms with Crippen LogP contribution < -0.4 is 10.6 Å². The number of nitrogens with zero attached hydrogens (tertiary/aromatic N) is 1. The molecule has 5 heteroatoms. The summed E-state index contributed by atoms with van der Waals surface area (Å²) in [6.45, 7) is 2.70. The van der Waals surface area contributed by atoms with E-state index in [1.54, 1.807) is 6.20 Å². The van der Waals surface area contributed by atoms with Crippen molar-refractivity contribution < 1.29 is 4.39 Å². The van der Waals surface area contributed by atoms with Gasteiger partial charge in [0.1, 0.15) is 0 Å². The third kappa shape index (κ3) is 1.22. The van der Waals surface area contributed by atoms with Gasteiger partial charge in [0.15, 0.2) is 11.0 Å². The summed E-state index contributed by atoms with van der Waals surface area (Å²) in [5.41, 5.74) is 0.969. The van der Waals surface area contributed by atoms with Crippen molar-refractivity contribution in [2.75, 3.05) is 19.6 Å². The summed E-state index contributed by atoms with van der Waals surface area (Å²) in [6, 6.07) is 1.91. The van der Waals surface area contributed by atoms with Crippen molar-refractivity contribution in [3.8, 4) is 0 Å². The standard InChI is InChI=1S/C10H11ClFN3/c11-9-7(12)1-6(2-14-9)10-4-13-3-8(10)15-5-10/h1-2,8,13,15H,3-5H2. The molecule has 2 unspecified atom stereocenters. The van der Waals surface area contributed by atoms with E-state index in [4.69, 9.17) is 11.6 Å². The monoisotopic (exact) mass is 227 g/mol. The summed E-state index contributed by atoms with van der Waals surface area (Å²) in [6.07, 6.45) is 1.69. The zero-order valence-electron chi connectivity index (χ0n) is 8.06. The van der Waals surface area contributed by atoms with E-state index >= 15 is 0 Å². The third-order valence-corrected chi connectivity index (χ3v) is 3.77. The summed E-state index contributed by atoms with van der Waals surface area (Å²) in [5.74, 6) is -0.430. The third-order valence-electron chi connectivity index (χ3n) is 3.49. The van der Waals surface area contributed by atoms with Crippen LogP contribution >= 0.6 is 11.6 Å². The smallest absolute Gasteiger partial charge is 0.164 e. The molecule has 1 aromatic rings. The fourth-order valence-corrected chi connectivity index (χ4v) is 2.59. The van der Waals surface area contributed by atoms with Crippen molar-refractivity contribution in [1.82, 2.24) is 15.6 Å². The Hall–Kier alpha value is -0.710. The Morgan fingerprint density at radius 3 is 3.00 bits per heavy atom. The first kappa shape index (κ1) is 9.51. The lowest BCUT2D eigenvalue weighted by Gasteiger charge is -2.45. The molecule has 3 nitrogen and oxygen atoms in total. The number of halogens is 2. The lowest BCUT2D eigenvalue weighted by molar-refractivity contribution is 0.233. The highest BCUT2D eigenvalue weighted by atomic mass is 35.5. The van der Waals surface area contributed by atoms with Crippen LogP contribution in [0, 0.1) is 5.82 Å². The fourth-order valence-electron chi connectivity index (χ4n) is 2.48. The lowest BCUT2D eigenvalue weighted by Crippen LogP contribution is -2.64. The quantitative estimate of drug-likeness (QED) is 0.694. The van der Waals surface area contributed by atoms with Gasteiger partial charge >= 0.3 is 0 Å². The molecule has 2 aliphatic rings. The van der Waals surface area contributed by atoms with Crippen LogP contribution in [0.1, 0.15) is 5.56 Å². The molecule has 3 rings (SSSR count). The second kappa shape index (κ2) is 3.14. The van der Waals surface area contributed by atoms with Gasteiger partial charge in [-0.15, -0.1) is 0 Å². The first-order valence-electron chi connectivity index (χ1n) is 4.98. The Morgan fingerprint density at radius 2 is 2.40 bits per heavy atom. The van der Waals surface area contributed by atoms with E-state index in [0.29, 0.717) is 6.04 Å². The minimum atomic E-state index is -0.430. The maximum absolute atomic E-state index is 13.3. The zero-order chi connectivity index (χ0) is 10.5. The molecule has 80 valence electrons. The minimum absolute atomic E-state index is 0.0262. The molecule has 0 aliphatic carbocycles. The fraction of sp³-hybridized carbons (Fsp3) is 0.500. The van der Waals surface area contributed by atoms with Crippen molar-refractivity contribution in [3.63, 3.8) is 0 Å². The van der Waals surface area contributed by atoms with Gasteiger partial charge < -0.3 is 10.6 Å². The largest absolute Gasteiger partial charge is 0.314 e. The number of hydrogen-bond acceptors (Lipinski definition) is 3. The van der Waals surface area contributed by atoms with Crippen LogP contribution in [0.4, 0.5) is 4.39 Å². The van der Waals surface area contributed by atoms with Crippen molar-refractivity contribution in [2.45, 2.75) is 11.5 Å². The summed E-state index contributed by atoms with van der Waals surface area (Å²) in [7, 11) is 0. The van der Waals surface area contributed by atoms with Crippen molar-refractivity contribution in [3.05, 3.63) is 28.8 Å². The van der Waals surface area contributed by atoms with E-state index in [-0.39, 0.29) is 10.6 Å². The van der Waals surface area contributed by atoms with Gasteiger partial charge in [-0.1, -0.05) is 11.6 Å². The molecule has 0 amide bonds. The SMILES string of the molecule is Fc1cc(C23CNCC2NC3)cnc1Cl. The van der Waals surface area contributed by atoms with Gasteiger partial charge in [0.2, 0.25) is 0 Å². The molecule has 3 heterocycles. The van der Waals surface area contributed by atoms with Gasteiger partial charge in [-0.3, -0.25) is 0 Å². The van der Waals surface area contributed by atoms with Gasteiger partial charge in [0, 0.05) is 37.3 Å². The Labute approximate surface area is 92.0 Å². The normalized spacial score (nSPS) is 33.6. The Balaban J connectivity index is 2.02. The van der Waals surface area contributed by atoms with Gasteiger partial charge in [-0.2, -0.15) is 0 Å². The number of hydrogen-bond donors (Lipinski definition) is 2. The number of rotatable bonds is 1. The van der Waals surface area contributed by atoms with E-state index < -0.39 is 5.82 Å². The van der Waals surface area contributed by atoms with Crippen LogP contribution in [-0.4, -0.2) is 30.7 Å². The molecule has 0 bridgehead atoms. The lowest BCUT2D eigenvalue weighted by atomic mass is 9.71. The number of pyridine rings is 1. The molecule has 2 fully saturated rings. The first-order valence-corrected chi connectivity index (χ1v) is 5.36. The predicted molar refractivity (Wildman–Crippen MR) is 55.5 cm³/mol. The van der Waals surface area contributed by atoms with Gasteiger partial charge in [0.25, 0.3) is 0 Å². The molecule has 0 spiro atoms. The molecule has 1 aromatic heterocycles. The second-order valence-electron chi connectivity index (χ2n) is 4.22. The highest BCUT2D eigenvalue weighted by Crippen LogP contribution is 2.37. The molecule has 2 atom stereocenters. The van der Waals surface area contributed by atoms with Gasteiger partial charge in [-0.25, -0.2) is 9.37 Å². The molecular weight excluding hydrogens is 217 g/mol. The Morgan fingerprint density at radius 1 is 1.53 bits per heavy atom. The van der Waals surface area contributed by atoms with Gasteiger partial charge in [-0.05, 0) is 11.6 Å². The van der Waals surface area contributed by atoms with Crippen LogP contribution in [0.15, 0.2) is 12.3 Å². The molecule has 2 aliphatic heterocycles. The summed E-state index contributed by atoms with van der Waals surface area (Å²) >= 11 is 5.57. The number of fused-ring (bicyclic) bond motifs is 1. The van der Waals surface area contributed by atoms with Gasteiger partial charge in [0.05, 0.1) is 0 Å². The first-order chi connectivity index (χ1) is 7.22. The van der Waals surface area contributed by atoms with Crippen molar-refractivity contribution in [1.29, 1.82) is 0 Å². The van der Waals surface area contributed by atoms with Crippen molar-refractivity contribution in [2.24, 2.45) is 0 Å². The minimum Gasteiger partial charge on any atom is -0.314 e. The Kier molecular flexibility index (Phi) is 1.99. The highest BCUT2D eigenvalue weighted by molar-refractivity contribution is 6.29. The van der Waals surface area contributed by atoms with E-state index in [1.165, 1.54) is 6.07 Å². The second-order valence-corrected chi connectivity index (χ2v) is 4.58. The van der Waals surface area contributed by atoms with E-state index in [1.807, 2.05) is 0 Å². The Bertz CT molecular complexity index is 412. The molecule has 0 saturated carbocycles. The van der Waals surface area contributed by atoms with Crippen LogP contribution in [0.2, 0.25) is 5.15 Å². The molecule has 2 saturated heterocycles. The maximum atomic E-state index is 13.3. The summed E-state index contributed by atoms with van der Waals surface area (Å²) < 4.78 is 13.3. The molecule has 15 heavy (non-hydrogen) atoms. The summed E-state index contributed by atoms with van der Waals surface area (Å²) in [4.78, 5) is 3.87. The average molecular weight is 228 g/mol. The average Bonchev–Trinajstić information content (AvgIpc) is 2.48. The molecular formula is C10H11ClFN3. The van der Waals surface area contributed by atoms with Crippen molar-refractivity contribution >= 4 is 11.6 Å².